The molecule has 1 N–H and O–H groups in total. The number of nitro groups is 1. The number of carbonyl (C=O) groups excluding carboxylic acids is 2. The average Bonchev–Trinajstić information content (AvgIpc) is 2.98. The van der Waals surface area contributed by atoms with Crippen molar-refractivity contribution in [3.05, 3.63) is 63.4 Å². The van der Waals surface area contributed by atoms with E-state index in [1.54, 1.807) is 6.92 Å². The van der Waals surface area contributed by atoms with Crippen molar-refractivity contribution in [1.29, 1.82) is 0 Å². The highest BCUT2D eigenvalue weighted by Gasteiger charge is 2.22. The molecule has 0 aliphatic carbocycles. The highest BCUT2D eigenvalue weighted by Crippen LogP contribution is 2.23. The minimum absolute atomic E-state index is 0.0456. The first-order chi connectivity index (χ1) is 12.3. The Bertz CT molecular complexity index is 864. The number of halogens is 1. The van der Waals surface area contributed by atoms with Crippen molar-refractivity contribution in [2.75, 3.05) is 18.4 Å². The van der Waals surface area contributed by atoms with Gasteiger partial charge in [-0.05, 0) is 13.0 Å². The minimum Gasteiger partial charge on any atom is -0.360 e. The Kier molecular flexibility index (Phi) is 6.07. The molecule has 1 aromatic carbocycles. The van der Waals surface area contributed by atoms with E-state index in [2.05, 4.69) is 17.1 Å². The summed E-state index contributed by atoms with van der Waals surface area (Å²) in [4.78, 5) is 36.1. The number of rotatable bonds is 7. The zero-order valence-electron chi connectivity index (χ0n) is 13.8. The van der Waals surface area contributed by atoms with Crippen LogP contribution in [0, 0.1) is 17.0 Å². The van der Waals surface area contributed by atoms with Crippen LogP contribution in [0.5, 0.6) is 0 Å². The molecule has 136 valence electrons. The third-order valence-electron chi connectivity index (χ3n) is 3.26. The van der Waals surface area contributed by atoms with E-state index in [9.17, 15) is 19.7 Å². The number of aryl methyl sites for hydroxylation is 1. The van der Waals surface area contributed by atoms with Crippen molar-refractivity contribution in [3.8, 4) is 0 Å². The van der Waals surface area contributed by atoms with Crippen molar-refractivity contribution < 1.29 is 19.0 Å². The summed E-state index contributed by atoms with van der Waals surface area (Å²) in [5.41, 5.74) is -0.190. The summed E-state index contributed by atoms with van der Waals surface area (Å²) in [6.07, 6.45) is 1.45. The van der Waals surface area contributed by atoms with Gasteiger partial charge in [0.05, 0.1) is 15.5 Å². The number of nitrogens with one attached hydrogen (secondary N) is 1. The molecule has 1 aromatic heterocycles. The molecule has 2 rings (SSSR count). The Morgan fingerprint density at radius 3 is 2.73 bits per heavy atom. The molecule has 0 saturated heterocycles. The standard InChI is InChI=1S/C16H15ClN4O5/c1-3-6-20(9-15(22)18-14-7-10(2)26-19-14)16(23)12-5-4-11(21(24)25)8-13(12)17/h3-5,7-8H,1,6,9H2,2H3,(H,18,19,22). The number of hydrogen-bond donors (Lipinski definition) is 1. The molecule has 0 aliphatic heterocycles. The summed E-state index contributed by atoms with van der Waals surface area (Å²) in [7, 11) is 0. The Morgan fingerprint density at radius 2 is 2.19 bits per heavy atom. The number of benzene rings is 1. The van der Waals surface area contributed by atoms with Gasteiger partial charge in [0.1, 0.15) is 12.3 Å². The summed E-state index contributed by atoms with van der Waals surface area (Å²) in [5.74, 6) is -0.299. The predicted octanol–water partition coefficient (Wildman–Crippen LogP) is 2.81. The van der Waals surface area contributed by atoms with E-state index >= 15 is 0 Å². The fraction of sp³-hybridized carbons (Fsp3) is 0.188. The van der Waals surface area contributed by atoms with Gasteiger partial charge in [-0.25, -0.2) is 0 Å². The maximum atomic E-state index is 12.6. The van der Waals surface area contributed by atoms with Gasteiger partial charge in [-0.2, -0.15) is 0 Å². The zero-order valence-corrected chi connectivity index (χ0v) is 14.5. The van der Waals surface area contributed by atoms with Crippen LogP contribution < -0.4 is 5.32 Å². The maximum absolute atomic E-state index is 12.6. The summed E-state index contributed by atoms with van der Waals surface area (Å²) >= 11 is 5.98. The normalized spacial score (nSPS) is 10.2. The smallest absolute Gasteiger partial charge is 0.270 e. The second-order valence-corrected chi connectivity index (χ2v) is 5.67. The Balaban J connectivity index is 2.15. The molecule has 0 fully saturated rings. The second kappa shape index (κ2) is 8.26. The lowest BCUT2D eigenvalue weighted by atomic mass is 10.1. The summed E-state index contributed by atoms with van der Waals surface area (Å²) in [6.45, 7) is 5.02. The van der Waals surface area contributed by atoms with Crippen LogP contribution in [0.25, 0.3) is 0 Å². The molecular weight excluding hydrogens is 364 g/mol. The Morgan fingerprint density at radius 1 is 1.46 bits per heavy atom. The maximum Gasteiger partial charge on any atom is 0.270 e. The molecule has 0 saturated carbocycles. The number of anilines is 1. The van der Waals surface area contributed by atoms with Gasteiger partial charge in [-0.15, -0.1) is 6.58 Å². The van der Waals surface area contributed by atoms with Gasteiger partial charge >= 0.3 is 0 Å². The van der Waals surface area contributed by atoms with Crippen LogP contribution >= 0.6 is 11.6 Å². The lowest BCUT2D eigenvalue weighted by molar-refractivity contribution is -0.384. The molecule has 2 amide bonds. The molecular formula is C16H15ClN4O5. The van der Waals surface area contributed by atoms with E-state index in [1.165, 1.54) is 29.2 Å². The largest absolute Gasteiger partial charge is 0.360 e. The Hall–Kier alpha value is -3.20. The Labute approximate surface area is 153 Å². The monoisotopic (exact) mass is 378 g/mol. The van der Waals surface area contributed by atoms with Crippen LogP contribution in [-0.2, 0) is 4.79 Å². The fourth-order valence-electron chi connectivity index (χ4n) is 2.12. The topological polar surface area (TPSA) is 119 Å². The second-order valence-electron chi connectivity index (χ2n) is 5.27. The SMILES string of the molecule is C=CCN(CC(=O)Nc1cc(C)on1)C(=O)c1ccc([N+](=O)[O-])cc1Cl. The number of carbonyl (C=O) groups is 2. The van der Waals surface area contributed by atoms with E-state index in [1.807, 2.05) is 0 Å². The van der Waals surface area contributed by atoms with Crippen molar-refractivity contribution >= 4 is 34.9 Å². The van der Waals surface area contributed by atoms with Gasteiger partial charge in [-0.1, -0.05) is 22.8 Å². The van der Waals surface area contributed by atoms with Gasteiger partial charge in [0, 0.05) is 24.7 Å². The minimum atomic E-state index is -0.616. The van der Waals surface area contributed by atoms with Crippen LogP contribution in [0.4, 0.5) is 11.5 Å². The summed E-state index contributed by atoms with van der Waals surface area (Å²) in [5, 5.41) is 16.8. The van der Waals surface area contributed by atoms with Gasteiger partial charge in [0.2, 0.25) is 5.91 Å². The molecule has 0 radical (unpaired) electrons. The predicted molar refractivity (Wildman–Crippen MR) is 94.1 cm³/mol. The molecule has 2 aromatic rings. The van der Waals surface area contributed by atoms with Crippen molar-refractivity contribution in [2.24, 2.45) is 0 Å². The van der Waals surface area contributed by atoms with Crippen molar-refractivity contribution in [2.45, 2.75) is 6.92 Å². The van der Waals surface area contributed by atoms with Gasteiger partial charge in [-0.3, -0.25) is 19.7 Å². The first kappa shape index (κ1) is 19.1. The van der Waals surface area contributed by atoms with E-state index in [4.69, 9.17) is 16.1 Å². The fourth-order valence-corrected chi connectivity index (χ4v) is 2.37. The van der Waals surface area contributed by atoms with Gasteiger partial charge < -0.3 is 14.7 Å². The van der Waals surface area contributed by atoms with E-state index < -0.39 is 16.7 Å². The third-order valence-corrected chi connectivity index (χ3v) is 3.57. The summed E-state index contributed by atoms with van der Waals surface area (Å²) in [6, 6.07) is 5.03. The van der Waals surface area contributed by atoms with Crippen molar-refractivity contribution in [3.63, 3.8) is 0 Å². The molecule has 9 nitrogen and oxygen atoms in total. The number of aromatic nitrogens is 1. The lowest BCUT2D eigenvalue weighted by Crippen LogP contribution is -2.38. The first-order valence-electron chi connectivity index (χ1n) is 7.39. The third kappa shape index (κ3) is 4.67. The molecule has 0 spiro atoms. The molecule has 0 atom stereocenters. The van der Waals surface area contributed by atoms with Gasteiger partial charge in [0.15, 0.2) is 5.82 Å². The number of nitrogens with zero attached hydrogens (tertiary/aromatic N) is 3. The first-order valence-corrected chi connectivity index (χ1v) is 7.77. The van der Waals surface area contributed by atoms with Crippen LogP contribution in [-0.4, -0.2) is 39.9 Å². The number of amides is 2. The average molecular weight is 379 g/mol. The lowest BCUT2D eigenvalue weighted by Gasteiger charge is -2.20. The number of non-ortho nitro benzene ring substituents is 1. The molecule has 10 heteroatoms. The van der Waals surface area contributed by atoms with E-state index in [0.717, 1.165) is 6.07 Å². The molecule has 26 heavy (non-hydrogen) atoms. The van der Waals surface area contributed by atoms with Gasteiger partial charge in [0.25, 0.3) is 11.6 Å². The number of nitro benzene ring substituents is 1. The molecule has 0 aliphatic rings. The quantitative estimate of drug-likeness (QED) is 0.449. The van der Waals surface area contributed by atoms with Crippen LogP contribution in [0.15, 0.2) is 41.4 Å². The van der Waals surface area contributed by atoms with Crippen LogP contribution in [0.3, 0.4) is 0 Å². The number of hydrogen-bond acceptors (Lipinski definition) is 6. The van der Waals surface area contributed by atoms with E-state index in [0.29, 0.717) is 5.76 Å². The molecule has 0 unspecified atom stereocenters. The molecule has 1 heterocycles. The zero-order chi connectivity index (χ0) is 19.3. The highest BCUT2D eigenvalue weighted by molar-refractivity contribution is 6.34. The van der Waals surface area contributed by atoms with Crippen LogP contribution in [0.1, 0.15) is 16.1 Å². The van der Waals surface area contributed by atoms with E-state index in [-0.39, 0.29) is 35.2 Å². The highest BCUT2D eigenvalue weighted by atomic mass is 35.5. The van der Waals surface area contributed by atoms with Crippen LogP contribution in [0.2, 0.25) is 5.02 Å². The molecule has 0 bridgehead atoms. The summed E-state index contributed by atoms with van der Waals surface area (Å²) < 4.78 is 4.85. The van der Waals surface area contributed by atoms with Crippen molar-refractivity contribution in [1.82, 2.24) is 10.1 Å².